The molecule has 0 rings (SSSR count). The van der Waals surface area contributed by atoms with Crippen molar-refractivity contribution >= 4 is 7.60 Å². The molecule has 0 radical (unpaired) electrons. The molecule has 0 bridgehead atoms. The van der Waals surface area contributed by atoms with Crippen LogP contribution in [0, 0.1) is 0 Å². The van der Waals surface area contributed by atoms with E-state index in [1.54, 1.807) is 0 Å². The van der Waals surface area contributed by atoms with Gasteiger partial charge in [-0.3, -0.25) is 4.57 Å². The molecule has 6 heteroatoms. The maximum absolute atomic E-state index is 11.0. The van der Waals surface area contributed by atoms with Crippen molar-refractivity contribution < 1.29 is 23.4 Å². The average Bonchev–Trinajstić information content (AvgIpc) is 1.67. The number of rotatable bonds is 3. The van der Waals surface area contributed by atoms with E-state index in [4.69, 9.17) is 0 Å². The molecule has 1 atom stereocenters. The largest absolute Gasteiger partial charge is 0.386 e. The Hall–Kier alpha value is 0.0400. The number of hydrogen-bond donors (Lipinski definition) is 0. The standard InChI is InChI=1S/C2H6FO4P/c1-5-7-8(2,4)6-3/h1-2H3. The molecular weight excluding hydrogens is 138 g/mol. The van der Waals surface area contributed by atoms with Crippen LogP contribution in [-0.2, 0) is 18.9 Å². The fourth-order valence-electron chi connectivity index (χ4n) is 0.147. The SMILES string of the molecule is COOP(C)(=O)OF. The summed E-state index contributed by atoms with van der Waals surface area (Å²) in [7, 11) is -2.46. The molecule has 0 saturated heterocycles. The van der Waals surface area contributed by atoms with Crippen molar-refractivity contribution in [3.8, 4) is 0 Å². The molecule has 0 aromatic rings. The molecule has 0 aromatic carbocycles. The van der Waals surface area contributed by atoms with Crippen LogP contribution in [0.15, 0.2) is 0 Å². The summed E-state index contributed by atoms with van der Waals surface area (Å²) in [6.45, 7) is 0.941. The van der Waals surface area contributed by atoms with Crippen LogP contribution in [0.4, 0.5) is 4.53 Å². The quantitative estimate of drug-likeness (QED) is 0.340. The molecule has 0 aromatic heterocycles. The summed E-state index contributed by atoms with van der Waals surface area (Å²) in [5, 5.41) is 0. The van der Waals surface area contributed by atoms with Crippen molar-refractivity contribution in [2.24, 2.45) is 0 Å². The molecule has 8 heavy (non-hydrogen) atoms. The summed E-state index contributed by atoms with van der Waals surface area (Å²) < 4.78 is 28.0. The second kappa shape index (κ2) is 3.14. The summed E-state index contributed by atoms with van der Waals surface area (Å²) in [6, 6.07) is 0. The Labute approximate surface area is 45.9 Å². The van der Waals surface area contributed by atoms with Gasteiger partial charge in [0.1, 0.15) is 0 Å². The van der Waals surface area contributed by atoms with Gasteiger partial charge in [0.15, 0.2) is 0 Å². The lowest BCUT2D eigenvalue weighted by Gasteiger charge is -2.01. The van der Waals surface area contributed by atoms with Crippen molar-refractivity contribution in [2.45, 2.75) is 0 Å². The van der Waals surface area contributed by atoms with Gasteiger partial charge < -0.3 is 0 Å². The van der Waals surface area contributed by atoms with Gasteiger partial charge in [-0.2, -0.15) is 0 Å². The van der Waals surface area contributed by atoms with Crippen molar-refractivity contribution in [3.05, 3.63) is 0 Å². The molecule has 0 spiro atoms. The van der Waals surface area contributed by atoms with Gasteiger partial charge in [0.05, 0.1) is 7.11 Å². The minimum Gasteiger partial charge on any atom is -0.255 e. The molecule has 0 N–H and O–H groups in total. The van der Waals surface area contributed by atoms with E-state index in [0.717, 1.165) is 13.8 Å². The average molecular weight is 144 g/mol. The van der Waals surface area contributed by atoms with Crippen molar-refractivity contribution in [2.75, 3.05) is 13.8 Å². The van der Waals surface area contributed by atoms with Crippen molar-refractivity contribution in [3.63, 3.8) is 0 Å². The third-order valence-electron chi connectivity index (χ3n) is 0.335. The lowest BCUT2D eigenvalue weighted by Crippen LogP contribution is -1.85. The molecule has 0 saturated carbocycles. The summed E-state index contributed by atoms with van der Waals surface area (Å²) in [5.41, 5.74) is 0. The van der Waals surface area contributed by atoms with E-state index in [9.17, 15) is 9.09 Å². The molecular formula is C2H6FO4P. The predicted molar refractivity (Wildman–Crippen MR) is 23.8 cm³/mol. The fourth-order valence-corrected chi connectivity index (χ4v) is 0.441. The summed E-state index contributed by atoms with van der Waals surface area (Å²) in [5.74, 6) is 0. The predicted octanol–water partition coefficient (Wildman–Crippen LogP) is 1.29. The van der Waals surface area contributed by atoms with Crippen LogP contribution in [0.1, 0.15) is 0 Å². The van der Waals surface area contributed by atoms with E-state index in [1.807, 2.05) is 0 Å². The topological polar surface area (TPSA) is 44.8 Å². The highest BCUT2D eigenvalue weighted by Crippen LogP contribution is 2.43. The van der Waals surface area contributed by atoms with Crippen LogP contribution >= 0.6 is 7.60 Å². The highest BCUT2D eigenvalue weighted by molar-refractivity contribution is 7.52. The minimum atomic E-state index is -3.56. The van der Waals surface area contributed by atoms with Crippen molar-refractivity contribution in [1.29, 1.82) is 0 Å². The minimum absolute atomic E-state index is 0.941. The summed E-state index contributed by atoms with van der Waals surface area (Å²) in [6.07, 6.45) is 0. The summed E-state index contributed by atoms with van der Waals surface area (Å²) in [4.78, 5) is 3.87. The zero-order valence-electron chi connectivity index (χ0n) is 4.46. The smallest absolute Gasteiger partial charge is 0.255 e. The monoisotopic (exact) mass is 144 g/mol. The van der Waals surface area contributed by atoms with Crippen LogP contribution in [0.3, 0.4) is 0 Å². The second-order valence-electron chi connectivity index (χ2n) is 1.08. The molecule has 0 aliphatic rings. The van der Waals surface area contributed by atoms with Crippen molar-refractivity contribution in [1.82, 2.24) is 0 Å². The van der Waals surface area contributed by atoms with Gasteiger partial charge >= 0.3 is 7.60 Å². The highest BCUT2D eigenvalue weighted by atomic mass is 31.2. The Kier molecular flexibility index (Phi) is 3.16. The van der Waals surface area contributed by atoms with E-state index in [0.29, 0.717) is 0 Å². The second-order valence-corrected chi connectivity index (χ2v) is 2.91. The fraction of sp³-hybridized carbons (Fsp3) is 1.00. The molecule has 0 aliphatic heterocycles. The normalized spacial score (nSPS) is 17.9. The van der Waals surface area contributed by atoms with E-state index >= 15 is 0 Å². The Bertz CT molecular complexity index is 104. The van der Waals surface area contributed by atoms with Crippen LogP contribution in [0.2, 0.25) is 0 Å². The first-order valence-corrected chi connectivity index (χ1v) is 3.71. The molecule has 0 amide bonds. The lowest BCUT2D eigenvalue weighted by molar-refractivity contribution is -0.201. The molecule has 0 fully saturated rings. The van der Waals surface area contributed by atoms with Gasteiger partial charge in [-0.05, 0) is 4.53 Å². The van der Waals surface area contributed by atoms with E-state index in [-0.39, 0.29) is 0 Å². The van der Waals surface area contributed by atoms with Gasteiger partial charge in [0, 0.05) is 6.66 Å². The van der Waals surface area contributed by atoms with Crippen LogP contribution < -0.4 is 0 Å². The van der Waals surface area contributed by atoms with Gasteiger partial charge in [-0.25, -0.2) is 4.89 Å². The lowest BCUT2D eigenvalue weighted by atomic mass is 11.8. The number of halogens is 1. The van der Waals surface area contributed by atoms with Crippen LogP contribution in [0.25, 0.3) is 0 Å². The maximum Gasteiger partial charge on any atom is 0.386 e. The first-order chi connectivity index (χ1) is 3.62. The Morgan fingerprint density at radius 3 is 2.25 bits per heavy atom. The third kappa shape index (κ3) is 3.10. The molecule has 1 unspecified atom stereocenters. The zero-order chi connectivity index (χ0) is 6.62. The van der Waals surface area contributed by atoms with E-state index < -0.39 is 7.60 Å². The van der Waals surface area contributed by atoms with Gasteiger partial charge in [-0.15, -0.1) is 9.40 Å². The van der Waals surface area contributed by atoms with E-state index in [2.05, 4.69) is 14.3 Å². The van der Waals surface area contributed by atoms with Gasteiger partial charge in [0.2, 0.25) is 0 Å². The zero-order valence-corrected chi connectivity index (χ0v) is 5.35. The maximum atomic E-state index is 11.0. The first kappa shape index (κ1) is 8.04. The molecule has 50 valence electrons. The summed E-state index contributed by atoms with van der Waals surface area (Å²) >= 11 is 0. The van der Waals surface area contributed by atoms with Crippen LogP contribution in [0.5, 0.6) is 0 Å². The third-order valence-corrected chi connectivity index (χ3v) is 1.01. The van der Waals surface area contributed by atoms with Crippen LogP contribution in [-0.4, -0.2) is 13.8 Å². The Morgan fingerprint density at radius 1 is 1.62 bits per heavy atom. The molecule has 0 aliphatic carbocycles. The number of hydrogen-bond acceptors (Lipinski definition) is 4. The molecule has 4 nitrogen and oxygen atoms in total. The Morgan fingerprint density at radius 2 is 2.12 bits per heavy atom. The van der Waals surface area contributed by atoms with E-state index in [1.165, 1.54) is 0 Å². The molecule has 0 heterocycles. The Balaban J connectivity index is 3.55. The first-order valence-electron chi connectivity index (χ1n) is 1.72. The van der Waals surface area contributed by atoms with Gasteiger partial charge in [0.25, 0.3) is 0 Å². The highest BCUT2D eigenvalue weighted by Gasteiger charge is 2.17. The van der Waals surface area contributed by atoms with Gasteiger partial charge in [-0.1, -0.05) is 0 Å².